The van der Waals surface area contributed by atoms with Crippen molar-refractivity contribution in [3.8, 4) is 5.75 Å². The number of nitrogens with one attached hydrogen (secondary N) is 2. The molecule has 1 fully saturated rings. The molecule has 0 radical (unpaired) electrons. The van der Waals surface area contributed by atoms with Gasteiger partial charge in [0.1, 0.15) is 5.75 Å². The van der Waals surface area contributed by atoms with Crippen molar-refractivity contribution < 1.29 is 9.53 Å². The summed E-state index contributed by atoms with van der Waals surface area (Å²) in [4.78, 5) is 11.8. The lowest BCUT2D eigenvalue weighted by Gasteiger charge is -2.31. The van der Waals surface area contributed by atoms with Crippen LogP contribution in [0.2, 0.25) is 0 Å². The van der Waals surface area contributed by atoms with Gasteiger partial charge in [-0.1, -0.05) is 25.1 Å². The van der Waals surface area contributed by atoms with Crippen LogP contribution in [0.4, 0.5) is 0 Å². The lowest BCUT2D eigenvalue weighted by Crippen LogP contribution is -2.49. The van der Waals surface area contributed by atoms with Gasteiger partial charge < -0.3 is 15.4 Å². The molecule has 4 nitrogen and oxygen atoms in total. The van der Waals surface area contributed by atoms with Crippen LogP contribution in [-0.2, 0) is 4.79 Å². The van der Waals surface area contributed by atoms with Gasteiger partial charge in [0, 0.05) is 12.5 Å². The first-order valence-electron chi connectivity index (χ1n) is 6.93. The smallest absolute Gasteiger partial charge is 0.223 e. The van der Waals surface area contributed by atoms with E-state index in [0.717, 1.165) is 25.3 Å². The fourth-order valence-electron chi connectivity index (χ4n) is 2.03. The van der Waals surface area contributed by atoms with Crippen molar-refractivity contribution in [3.63, 3.8) is 0 Å². The molecule has 0 bridgehead atoms. The van der Waals surface area contributed by atoms with Gasteiger partial charge in [-0.05, 0) is 37.6 Å². The Kier molecular flexibility index (Phi) is 7.41. The van der Waals surface area contributed by atoms with Crippen molar-refractivity contribution in [2.24, 2.45) is 11.8 Å². The van der Waals surface area contributed by atoms with Gasteiger partial charge in [0.25, 0.3) is 0 Å². The van der Waals surface area contributed by atoms with E-state index in [1.165, 1.54) is 0 Å². The summed E-state index contributed by atoms with van der Waals surface area (Å²) in [6.45, 7) is 5.23. The maximum absolute atomic E-state index is 11.8. The van der Waals surface area contributed by atoms with Crippen LogP contribution in [-0.4, -0.2) is 32.1 Å². The number of benzene rings is 1. The van der Waals surface area contributed by atoms with Crippen LogP contribution in [0.15, 0.2) is 30.3 Å². The molecule has 1 atom stereocenters. The van der Waals surface area contributed by atoms with Crippen LogP contribution in [0.5, 0.6) is 5.75 Å². The van der Waals surface area contributed by atoms with Crippen LogP contribution in [0.1, 0.15) is 13.3 Å². The Bertz CT molecular complexity index is 396. The van der Waals surface area contributed by atoms with Crippen LogP contribution in [0.25, 0.3) is 0 Å². The van der Waals surface area contributed by atoms with Gasteiger partial charge >= 0.3 is 0 Å². The van der Waals surface area contributed by atoms with Gasteiger partial charge in [-0.25, -0.2) is 0 Å². The number of ether oxygens (including phenoxy) is 1. The topological polar surface area (TPSA) is 50.4 Å². The molecule has 1 aromatic rings. The molecule has 5 heteroatoms. The zero-order valence-electron chi connectivity index (χ0n) is 11.8. The highest BCUT2D eigenvalue weighted by Gasteiger charge is 2.28. The lowest BCUT2D eigenvalue weighted by atomic mass is 9.88. The summed E-state index contributed by atoms with van der Waals surface area (Å²) in [5, 5.41) is 6.16. The van der Waals surface area contributed by atoms with E-state index in [9.17, 15) is 4.79 Å². The maximum Gasteiger partial charge on any atom is 0.223 e. The maximum atomic E-state index is 11.8. The van der Waals surface area contributed by atoms with E-state index in [4.69, 9.17) is 4.74 Å². The second-order valence-corrected chi connectivity index (χ2v) is 5.01. The molecule has 1 aromatic carbocycles. The summed E-state index contributed by atoms with van der Waals surface area (Å²) >= 11 is 0. The SMILES string of the molecule is CC(C(=O)NCCCOc1ccccc1)C1CNC1.Cl. The summed E-state index contributed by atoms with van der Waals surface area (Å²) in [6.07, 6.45) is 0.830. The number of carbonyl (C=O) groups excluding carboxylic acids is 1. The summed E-state index contributed by atoms with van der Waals surface area (Å²) < 4.78 is 5.57. The van der Waals surface area contributed by atoms with E-state index in [1.54, 1.807) is 0 Å². The highest BCUT2D eigenvalue weighted by molar-refractivity contribution is 5.85. The Morgan fingerprint density at radius 3 is 2.70 bits per heavy atom. The van der Waals surface area contributed by atoms with Gasteiger partial charge in [0.15, 0.2) is 0 Å². The fourth-order valence-corrected chi connectivity index (χ4v) is 2.03. The van der Waals surface area contributed by atoms with Gasteiger partial charge in [-0.2, -0.15) is 0 Å². The minimum absolute atomic E-state index is 0. The Hall–Kier alpha value is -1.26. The van der Waals surface area contributed by atoms with Crippen LogP contribution in [0.3, 0.4) is 0 Å². The van der Waals surface area contributed by atoms with E-state index in [0.29, 0.717) is 19.1 Å². The third kappa shape index (κ3) is 5.02. The number of hydrogen-bond acceptors (Lipinski definition) is 3. The van der Waals surface area contributed by atoms with Gasteiger partial charge in [-0.15, -0.1) is 12.4 Å². The molecule has 1 unspecified atom stereocenters. The molecule has 1 amide bonds. The van der Waals surface area contributed by atoms with Crippen molar-refractivity contribution in [1.82, 2.24) is 10.6 Å². The first kappa shape index (κ1) is 16.8. The second-order valence-electron chi connectivity index (χ2n) is 5.01. The number of hydrogen-bond donors (Lipinski definition) is 2. The van der Waals surface area contributed by atoms with Crippen molar-refractivity contribution >= 4 is 18.3 Å². The third-order valence-electron chi connectivity index (χ3n) is 3.57. The number of halogens is 1. The normalized spacial score (nSPS) is 15.7. The molecule has 0 saturated carbocycles. The molecule has 0 aromatic heterocycles. The van der Waals surface area contributed by atoms with Crippen molar-refractivity contribution in [2.75, 3.05) is 26.2 Å². The van der Waals surface area contributed by atoms with E-state index >= 15 is 0 Å². The summed E-state index contributed by atoms with van der Waals surface area (Å²) in [5.74, 6) is 1.64. The molecule has 2 N–H and O–H groups in total. The molecule has 2 rings (SSSR count). The third-order valence-corrected chi connectivity index (χ3v) is 3.57. The summed E-state index contributed by atoms with van der Waals surface area (Å²) in [6, 6.07) is 9.73. The van der Waals surface area contributed by atoms with Crippen LogP contribution < -0.4 is 15.4 Å². The first-order chi connectivity index (χ1) is 9.27. The number of rotatable bonds is 7. The van der Waals surface area contributed by atoms with Gasteiger partial charge in [0.2, 0.25) is 5.91 Å². The highest BCUT2D eigenvalue weighted by atomic mass is 35.5. The molecule has 0 spiro atoms. The second kappa shape index (κ2) is 8.82. The summed E-state index contributed by atoms with van der Waals surface area (Å²) in [5.41, 5.74) is 0. The number of para-hydroxylation sites is 1. The minimum Gasteiger partial charge on any atom is -0.494 e. The largest absolute Gasteiger partial charge is 0.494 e. The molecule has 1 heterocycles. The zero-order valence-corrected chi connectivity index (χ0v) is 12.6. The van der Waals surface area contributed by atoms with E-state index in [1.807, 2.05) is 37.3 Å². The van der Waals surface area contributed by atoms with E-state index in [-0.39, 0.29) is 24.2 Å². The quantitative estimate of drug-likeness (QED) is 0.755. The average molecular weight is 299 g/mol. The molecule has 0 aliphatic carbocycles. The van der Waals surface area contributed by atoms with Crippen molar-refractivity contribution in [3.05, 3.63) is 30.3 Å². The lowest BCUT2D eigenvalue weighted by molar-refractivity contribution is -0.126. The average Bonchev–Trinajstić information content (AvgIpc) is 2.37. The minimum atomic E-state index is 0. The predicted octanol–water partition coefficient (Wildman–Crippen LogP) is 1.85. The molecular formula is C15H23ClN2O2. The monoisotopic (exact) mass is 298 g/mol. The molecule has 20 heavy (non-hydrogen) atoms. The molecule has 1 aliphatic heterocycles. The number of carbonyl (C=O) groups is 1. The highest BCUT2D eigenvalue weighted by Crippen LogP contribution is 2.15. The van der Waals surface area contributed by atoms with Crippen LogP contribution in [0, 0.1) is 11.8 Å². The van der Waals surface area contributed by atoms with Crippen molar-refractivity contribution in [2.45, 2.75) is 13.3 Å². The Labute approximate surface area is 126 Å². The number of amides is 1. The van der Waals surface area contributed by atoms with E-state index < -0.39 is 0 Å². The predicted molar refractivity (Wildman–Crippen MR) is 82.3 cm³/mol. The Morgan fingerprint density at radius 2 is 2.10 bits per heavy atom. The molecule has 1 aliphatic rings. The first-order valence-corrected chi connectivity index (χ1v) is 6.93. The van der Waals surface area contributed by atoms with Gasteiger partial charge in [0.05, 0.1) is 6.61 Å². The van der Waals surface area contributed by atoms with Crippen LogP contribution >= 0.6 is 12.4 Å². The van der Waals surface area contributed by atoms with Crippen molar-refractivity contribution in [1.29, 1.82) is 0 Å². The standard InChI is InChI=1S/C15H22N2O2.ClH/c1-12(13-10-16-11-13)15(18)17-8-5-9-19-14-6-3-2-4-7-14;/h2-4,6-7,12-13,16H,5,8-11H2,1H3,(H,17,18);1H. The molecule has 1 saturated heterocycles. The Balaban J connectivity index is 0.00000200. The summed E-state index contributed by atoms with van der Waals surface area (Å²) in [7, 11) is 0. The molecule has 112 valence electrons. The van der Waals surface area contributed by atoms with Gasteiger partial charge in [-0.3, -0.25) is 4.79 Å². The zero-order chi connectivity index (χ0) is 13.5. The van der Waals surface area contributed by atoms with E-state index in [2.05, 4.69) is 10.6 Å². The fraction of sp³-hybridized carbons (Fsp3) is 0.533. The molecular weight excluding hydrogens is 276 g/mol. The Morgan fingerprint density at radius 1 is 1.40 bits per heavy atom.